The molecule has 2 aromatic rings. The van der Waals surface area contributed by atoms with E-state index in [1.54, 1.807) is 6.33 Å². The van der Waals surface area contributed by atoms with Crippen molar-refractivity contribution in [3.8, 4) is 0 Å². The van der Waals surface area contributed by atoms with Crippen LogP contribution in [-0.4, -0.2) is 29.1 Å². The number of hydrogen-bond donors (Lipinski definition) is 1. The Morgan fingerprint density at radius 3 is 2.46 bits per heavy atom. The standard InChI is InChI=1S/C22H30N4/c1-3-7-18(8-4-1)15-19-11-13-26(14-12-19)22-16-21(23-17-24-22)25-20-9-5-2-6-10-20/h1,3-4,7-8,16-17,19-20H,2,5-6,9-15H2,(H,23,24,25). The summed E-state index contributed by atoms with van der Waals surface area (Å²) < 4.78 is 0. The number of piperidine rings is 1. The van der Waals surface area contributed by atoms with E-state index >= 15 is 0 Å². The second-order valence-corrected chi connectivity index (χ2v) is 7.86. The van der Waals surface area contributed by atoms with Gasteiger partial charge in [0.05, 0.1) is 0 Å². The Balaban J connectivity index is 1.31. The molecule has 1 aromatic heterocycles. The minimum absolute atomic E-state index is 0.586. The first kappa shape index (κ1) is 17.3. The highest BCUT2D eigenvalue weighted by Crippen LogP contribution is 2.26. The molecule has 138 valence electrons. The first-order valence-corrected chi connectivity index (χ1v) is 10.2. The Morgan fingerprint density at radius 2 is 1.69 bits per heavy atom. The minimum atomic E-state index is 0.586. The predicted octanol–water partition coefficient (Wildman–Crippen LogP) is 4.68. The molecule has 4 heteroatoms. The second kappa shape index (κ2) is 8.52. The van der Waals surface area contributed by atoms with Gasteiger partial charge in [-0.25, -0.2) is 9.97 Å². The van der Waals surface area contributed by atoms with Crippen molar-refractivity contribution >= 4 is 11.6 Å². The van der Waals surface area contributed by atoms with E-state index in [0.29, 0.717) is 6.04 Å². The van der Waals surface area contributed by atoms with Gasteiger partial charge in [-0.15, -0.1) is 0 Å². The molecule has 0 atom stereocenters. The fourth-order valence-electron chi connectivity index (χ4n) is 4.37. The molecule has 1 saturated heterocycles. The third kappa shape index (κ3) is 4.54. The van der Waals surface area contributed by atoms with Crippen LogP contribution in [0.2, 0.25) is 0 Å². The van der Waals surface area contributed by atoms with E-state index in [4.69, 9.17) is 0 Å². The molecule has 1 aliphatic heterocycles. The molecule has 2 heterocycles. The van der Waals surface area contributed by atoms with Gasteiger partial charge in [0.15, 0.2) is 0 Å². The average Bonchev–Trinajstić information content (AvgIpc) is 2.70. The molecule has 4 rings (SSSR count). The lowest BCUT2D eigenvalue weighted by molar-refractivity contribution is 0.402. The SMILES string of the molecule is c1ccc(CC2CCN(c3cc(NC4CCCCC4)ncn3)CC2)cc1. The summed E-state index contributed by atoms with van der Waals surface area (Å²) in [5.41, 5.74) is 1.46. The van der Waals surface area contributed by atoms with Crippen LogP contribution in [0.1, 0.15) is 50.5 Å². The summed E-state index contributed by atoms with van der Waals surface area (Å²) in [7, 11) is 0. The van der Waals surface area contributed by atoms with Gasteiger partial charge in [0.1, 0.15) is 18.0 Å². The molecule has 0 amide bonds. The van der Waals surface area contributed by atoms with Gasteiger partial charge in [-0.2, -0.15) is 0 Å². The van der Waals surface area contributed by atoms with Crippen LogP contribution in [0.25, 0.3) is 0 Å². The normalized spacial score (nSPS) is 19.5. The van der Waals surface area contributed by atoms with Crippen LogP contribution in [0.15, 0.2) is 42.7 Å². The van der Waals surface area contributed by atoms with Crippen molar-refractivity contribution in [1.82, 2.24) is 9.97 Å². The van der Waals surface area contributed by atoms with Crippen LogP contribution in [0.5, 0.6) is 0 Å². The summed E-state index contributed by atoms with van der Waals surface area (Å²) in [5.74, 6) is 2.86. The zero-order valence-corrected chi connectivity index (χ0v) is 15.6. The van der Waals surface area contributed by atoms with Gasteiger partial charge < -0.3 is 10.2 Å². The summed E-state index contributed by atoms with van der Waals surface area (Å²) in [6.45, 7) is 2.19. The van der Waals surface area contributed by atoms with Crippen molar-refractivity contribution in [2.75, 3.05) is 23.3 Å². The van der Waals surface area contributed by atoms with Gasteiger partial charge in [-0.3, -0.25) is 0 Å². The Kier molecular flexibility index (Phi) is 5.68. The molecule has 26 heavy (non-hydrogen) atoms. The van der Waals surface area contributed by atoms with E-state index in [2.05, 4.69) is 56.6 Å². The van der Waals surface area contributed by atoms with Gasteiger partial charge in [-0.1, -0.05) is 49.6 Å². The maximum Gasteiger partial charge on any atom is 0.134 e. The van der Waals surface area contributed by atoms with E-state index in [0.717, 1.165) is 30.6 Å². The average molecular weight is 351 g/mol. The highest BCUT2D eigenvalue weighted by atomic mass is 15.2. The minimum Gasteiger partial charge on any atom is -0.367 e. The Morgan fingerprint density at radius 1 is 0.923 bits per heavy atom. The molecule has 2 fully saturated rings. The fraction of sp³-hybridized carbons (Fsp3) is 0.545. The summed E-state index contributed by atoms with van der Waals surface area (Å²) in [5, 5.41) is 3.62. The first-order chi connectivity index (χ1) is 12.9. The number of benzene rings is 1. The molecule has 0 unspecified atom stereocenters. The Labute approximate surface area is 157 Å². The molecular weight excluding hydrogens is 320 g/mol. The third-order valence-electron chi connectivity index (χ3n) is 5.92. The van der Waals surface area contributed by atoms with E-state index < -0.39 is 0 Å². The van der Waals surface area contributed by atoms with Gasteiger partial charge in [-0.05, 0) is 43.6 Å². The van der Waals surface area contributed by atoms with Crippen LogP contribution in [0, 0.1) is 5.92 Å². The molecule has 1 aromatic carbocycles. The van der Waals surface area contributed by atoms with Crippen molar-refractivity contribution in [2.24, 2.45) is 5.92 Å². The predicted molar refractivity (Wildman–Crippen MR) is 108 cm³/mol. The molecule has 1 aliphatic carbocycles. The van der Waals surface area contributed by atoms with Crippen LogP contribution in [0.4, 0.5) is 11.6 Å². The monoisotopic (exact) mass is 350 g/mol. The number of nitrogens with zero attached hydrogens (tertiary/aromatic N) is 3. The summed E-state index contributed by atoms with van der Waals surface area (Å²) in [6.07, 6.45) is 12.0. The van der Waals surface area contributed by atoms with Crippen LogP contribution in [0.3, 0.4) is 0 Å². The summed E-state index contributed by atoms with van der Waals surface area (Å²) in [6, 6.07) is 13.6. The molecule has 1 N–H and O–H groups in total. The van der Waals surface area contributed by atoms with Crippen LogP contribution >= 0.6 is 0 Å². The highest BCUT2D eigenvalue weighted by Gasteiger charge is 2.21. The number of anilines is 2. The largest absolute Gasteiger partial charge is 0.367 e. The number of rotatable bonds is 5. The zero-order chi connectivity index (χ0) is 17.6. The van der Waals surface area contributed by atoms with Crippen molar-refractivity contribution in [1.29, 1.82) is 0 Å². The van der Waals surface area contributed by atoms with Crippen LogP contribution < -0.4 is 10.2 Å². The van der Waals surface area contributed by atoms with E-state index in [1.807, 2.05) is 0 Å². The molecular formula is C22H30N4. The zero-order valence-electron chi connectivity index (χ0n) is 15.6. The van der Waals surface area contributed by atoms with Gasteiger partial charge in [0.25, 0.3) is 0 Å². The molecule has 0 spiro atoms. The van der Waals surface area contributed by atoms with Gasteiger partial charge in [0.2, 0.25) is 0 Å². The lowest BCUT2D eigenvalue weighted by Crippen LogP contribution is -2.35. The highest BCUT2D eigenvalue weighted by molar-refractivity contribution is 5.49. The summed E-state index contributed by atoms with van der Waals surface area (Å²) in [4.78, 5) is 11.4. The maximum absolute atomic E-state index is 4.54. The topological polar surface area (TPSA) is 41.0 Å². The van der Waals surface area contributed by atoms with E-state index in [-0.39, 0.29) is 0 Å². The summed E-state index contributed by atoms with van der Waals surface area (Å²) >= 11 is 0. The number of aromatic nitrogens is 2. The molecule has 1 saturated carbocycles. The van der Waals surface area contributed by atoms with Crippen molar-refractivity contribution < 1.29 is 0 Å². The van der Waals surface area contributed by atoms with Crippen molar-refractivity contribution in [2.45, 2.75) is 57.4 Å². The van der Waals surface area contributed by atoms with Crippen LogP contribution in [-0.2, 0) is 6.42 Å². The third-order valence-corrected chi connectivity index (χ3v) is 5.92. The fourth-order valence-corrected chi connectivity index (χ4v) is 4.37. The second-order valence-electron chi connectivity index (χ2n) is 7.86. The molecule has 2 aliphatic rings. The van der Waals surface area contributed by atoms with E-state index in [9.17, 15) is 0 Å². The van der Waals surface area contributed by atoms with E-state index in [1.165, 1.54) is 56.9 Å². The lowest BCUT2D eigenvalue weighted by Gasteiger charge is -2.33. The number of hydrogen-bond acceptors (Lipinski definition) is 4. The van der Waals surface area contributed by atoms with Gasteiger partial charge in [0, 0.05) is 25.2 Å². The number of nitrogens with one attached hydrogen (secondary N) is 1. The molecule has 4 nitrogen and oxygen atoms in total. The van der Waals surface area contributed by atoms with Crippen molar-refractivity contribution in [3.63, 3.8) is 0 Å². The lowest BCUT2D eigenvalue weighted by atomic mass is 9.90. The maximum atomic E-state index is 4.54. The Hall–Kier alpha value is -2.10. The van der Waals surface area contributed by atoms with Crippen molar-refractivity contribution in [3.05, 3.63) is 48.3 Å². The quantitative estimate of drug-likeness (QED) is 0.850. The van der Waals surface area contributed by atoms with Gasteiger partial charge >= 0.3 is 0 Å². The Bertz CT molecular complexity index is 674. The molecule has 0 radical (unpaired) electrons. The molecule has 0 bridgehead atoms. The smallest absolute Gasteiger partial charge is 0.134 e. The first-order valence-electron chi connectivity index (χ1n) is 10.2.